The summed E-state index contributed by atoms with van der Waals surface area (Å²) in [6.45, 7) is 5.49. The van der Waals surface area contributed by atoms with Crippen molar-refractivity contribution in [3.05, 3.63) is 41.9 Å². The Balaban J connectivity index is 1.44. The molecular weight excluding hydrogens is 350 g/mol. The van der Waals surface area contributed by atoms with E-state index in [-0.39, 0.29) is 4.90 Å². The van der Waals surface area contributed by atoms with Gasteiger partial charge in [0.25, 0.3) is 0 Å². The van der Waals surface area contributed by atoms with Crippen molar-refractivity contribution in [1.82, 2.24) is 9.97 Å². The van der Waals surface area contributed by atoms with E-state index in [2.05, 4.69) is 20.9 Å². The summed E-state index contributed by atoms with van der Waals surface area (Å²) in [5.41, 5.74) is 2.03. The third kappa shape index (κ3) is 3.66. The van der Waals surface area contributed by atoms with Gasteiger partial charge >= 0.3 is 0 Å². The highest BCUT2D eigenvalue weighted by atomic mass is 32.2. The second-order valence-electron chi connectivity index (χ2n) is 7.01. The van der Waals surface area contributed by atoms with Crippen molar-refractivity contribution in [2.75, 3.05) is 36.0 Å². The fourth-order valence-corrected chi connectivity index (χ4v) is 3.82. The number of nitrogens with two attached hydrogens (primary N) is 1. The summed E-state index contributed by atoms with van der Waals surface area (Å²) < 4.78 is 22.7. The molecule has 2 heterocycles. The maximum Gasteiger partial charge on any atom is 0.238 e. The standard InChI is InChI=1S/C18H23N5O2S/c1-13-12-17(21-18(20-13)14-2-3-14)23-10-8-22(9-11-23)15-4-6-16(7-5-15)26(19,24)25/h4-7,12,14H,2-3,8-11H2,1H3,(H2,19,24,25). The number of sulfonamides is 1. The largest absolute Gasteiger partial charge is 0.368 e. The normalized spacial score (nSPS) is 18.2. The molecule has 26 heavy (non-hydrogen) atoms. The van der Waals surface area contributed by atoms with Gasteiger partial charge in [-0.2, -0.15) is 0 Å². The minimum atomic E-state index is -3.65. The molecule has 0 atom stereocenters. The predicted octanol–water partition coefficient (Wildman–Crippen LogP) is 1.64. The first-order chi connectivity index (χ1) is 12.4. The Morgan fingerprint density at radius 2 is 1.62 bits per heavy atom. The molecule has 4 rings (SSSR count). The number of hydrogen-bond acceptors (Lipinski definition) is 6. The average molecular weight is 373 g/mol. The van der Waals surface area contributed by atoms with Crippen LogP contribution in [0.1, 0.15) is 30.3 Å². The third-order valence-corrected chi connectivity index (χ3v) is 5.86. The molecule has 1 saturated heterocycles. The van der Waals surface area contributed by atoms with Gasteiger partial charge in [0, 0.05) is 49.5 Å². The maximum absolute atomic E-state index is 11.4. The summed E-state index contributed by atoms with van der Waals surface area (Å²) in [6.07, 6.45) is 2.40. The van der Waals surface area contributed by atoms with E-state index in [1.807, 2.05) is 19.1 Å². The van der Waals surface area contributed by atoms with Crippen molar-refractivity contribution in [2.45, 2.75) is 30.6 Å². The lowest BCUT2D eigenvalue weighted by Crippen LogP contribution is -2.47. The van der Waals surface area contributed by atoms with Gasteiger partial charge in [-0.1, -0.05) is 0 Å². The first-order valence-electron chi connectivity index (χ1n) is 8.88. The van der Waals surface area contributed by atoms with E-state index in [0.717, 1.165) is 49.2 Å². The van der Waals surface area contributed by atoms with Crippen LogP contribution >= 0.6 is 0 Å². The Kier molecular flexibility index (Phi) is 4.32. The van der Waals surface area contributed by atoms with E-state index in [1.165, 1.54) is 12.8 Å². The van der Waals surface area contributed by atoms with Crippen LogP contribution in [0.15, 0.2) is 35.2 Å². The molecule has 0 spiro atoms. The molecule has 1 saturated carbocycles. The van der Waals surface area contributed by atoms with Crippen molar-refractivity contribution in [2.24, 2.45) is 5.14 Å². The van der Waals surface area contributed by atoms with Crippen LogP contribution in [0, 0.1) is 6.92 Å². The average Bonchev–Trinajstić information content (AvgIpc) is 3.46. The quantitative estimate of drug-likeness (QED) is 0.876. The van der Waals surface area contributed by atoms with Gasteiger partial charge in [0.05, 0.1) is 4.90 Å². The first kappa shape index (κ1) is 17.2. The zero-order chi connectivity index (χ0) is 18.3. The summed E-state index contributed by atoms with van der Waals surface area (Å²) >= 11 is 0. The highest BCUT2D eigenvalue weighted by molar-refractivity contribution is 7.89. The van der Waals surface area contributed by atoms with Crippen LogP contribution in [0.2, 0.25) is 0 Å². The number of piperazine rings is 1. The van der Waals surface area contributed by atoms with Gasteiger partial charge in [-0.25, -0.2) is 23.5 Å². The lowest BCUT2D eigenvalue weighted by atomic mass is 10.2. The number of benzene rings is 1. The highest BCUT2D eigenvalue weighted by Gasteiger charge is 2.28. The predicted molar refractivity (Wildman–Crippen MR) is 101 cm³/mol. The monoisotopic (exact) mass is 373 g/mol. The maximum atomic E-state index is 11.4. The van der Waals surface area contributed by atoms with Gasteiger partial charge < -0.3 is 9.80 Å². The van der Waals surface area contributed by atoms with Crippen molar-refractivity contribution in [1.29, 1.82) is 0 Å². The summed E-state index contributed by atoms with van der Waals surface area (Å²) in [4.78, 5) is 14.0. The van der Waals surface area contributed by atoms with Crippen LogP contribution < -0.4 is 14.9 Å². The Hall–Kier alpha value is -2.19. The second kappa shape index (κ2) is 6.51. The van der Waals surface area contributed by atoms with Crippen LogP contribution in [-0.2, 0) is 10.0 Å². The molecule has 2 aromatic rings. The van der Waals surface area contributed by atoms with E-state index in [0.29, 0.717) is 5.92 Å². The fraction of sp³-hybridized carbons (Fsp3) is 0.444. The smallest absolute Gasteiger partial charge is 0.238 e. The van der Waals surface area contributed by atoms with Gasteiger partial charge in [-0.3, -0.25) is 0 Å². The van der Waals surface area contributed by atoms with Crippen LogP contribution in [0.4, 0.5) is 11.5 Å². The molecule has 1 aromatic heterocycles. The Bertz CT molecular complexity index is 902. The molecule has 138 valence electrons. The summed E-state index contributed by atoms with van der Waals surface area (Å²) in [6, 6.07) is 8.81. The lowest BCUT2D eigenvalue weighted by Gasteiger charge is -2.37. The van der Waals surface area contributed by atoms with Crippen molar-refractivity contribution >= 4 is 21.5 Å². The van der Waals surface area contributed by atoms with E-state index in [4.69, 9.17) is 10.1 Å². The van der Waals surface area contributed by atoms with Crippen molar-refractivity contribution < 1.29 is 8.42 Å². The number of nitrogens with zero attached hydrogens (tertiary/aromatic N) is 4. The molecule has 8 heteroatoms. The molecule has 0 bridgehead atoms. The molecule has 0 unspecified atom stereocenters. The van der Waals surface area contributed by atoms with Gasteiger partial charge in [-0.05, 0) is 44.0 Å². The minimum absolute atomic E-state index is 0.143. The number of rotatable bonds is 4. The van der Waals surface area contributed by atoms with E-state index in [9.17, 15) is 8.42 Å². The Morgan fingerprint density at radius 3 is 2.19 bits per heavy atom. The molecule has 7 nitrogen and oxygen atoms in total. The van der Waals surface area contributed by atoms with Gasteiger partial charge in [0.1, 0.15) is 11.6 Å². The zero-order valence-electron chi connectivity index (χ0n) is 14.8. The Morgan fingerprint density at radius 1 is 1.00 bits per heavy atom. The third-order valence-electron chi connectivity index (χ3n) is 4.93. The van der Waals surface area contributed by atoms with Crippen LogP contribution in [0.3, 0.4) is 0 Å². The SMILES string of the molecule is Cc1cc(N2CCN(c3ccc(S(N)(=O)=O)cc3)CC2)nc(C2CC2)n1. The van der Waals surface area contributed by atoms with Crippen molar-refractivity contribution in [3.8, 4) is 0 Å². The molecule has 2 N–H and O–H groups in total. The Labute approximate surface area is 153 Å². The second-order valence-corrected chi connectivity index (χ2v) is 8.57. The molecular formula is C18H23N5O2S. The van der Waals surface area contributed by atoms with Gasteiger partial charge in [-0.15, -0.1) is 0 Å². The number of anilines is 2. The summed E-state index contributed by atoms with van der Waals surface area (Å²) in [5.74, 6) is 2.55. The fourth-order valence-electron chi connectivity index (χ4n) is 3.30. The minimum Gasteiger partial charge on any atom is -0.368 e. The van der Waals surface area contributed by atoms with E-state index in [1.54, 1.807) is 12.1 Å². The van der Waals surface area contributed by atoms with E-state index >= 15 is 0 Å². The molecule has 1 aliphatic carbocycles. The molecule has 1 aliphatic heterocycles. The molecule has 2 aliphatic rings. The number of hydrogen-bond donors (Lipinski definition) is 1. The number of primary sulfonamides is 1. The lowest BCUT2D eigenvalue weighted by molar-refractivity contribution is 0.597. The van der Waals surface area contributed by atoms with E-state index < -0.39 is 10.0 Å². The number of aryl methyl sites for hydroxylation is 1. The molecule has 2 fully saturated rings. The zero-order valence-corrected chi connectivity index (χ0v) is 15.6. The summed E-state index contributed by atoms with van der Waals surface area (Å²) in [5, 5.41) is 5.16. The van der Waals surface area contributed by atoms with Gasteiger partial charge in [0.15, 0.2) is 0 Å². The van der Waals surface area contributed by atoms with Crippen molar-refractivity contribution in [3.63, 3.8) is 0 Å². The first-order valence-corrected chi connectivity index (χ1v) is 10.4. The van der Waals surface area contributed by atoms with Gasteiger partial charge in [0.2, 0.25) is 10.0 Å². The summed E-state index contributed by atoms with van der Waals surface area (Å²) in [7, 11) is -3.65. The molecule has 1 aromatic carbocycles. The topological polar surface area (TPSA) is 92.4 Å². The van der Waals surface area contributed by atoms with Crippen LogP contribution in [0.25, 0.3) is 0 Å². The number of aromatic nitrogens is 2. The highest BCUT2D eigenvalue weighted by Crippen LogP contribution is 2.38. The van der Waals surface area contributed by atoms with Crippen LogP contribution in [-0.4, -0.2) is 44.6 Å². The molecule has 0 amide bonds. The molecule has 0 radical (unpaired) electrons. The van der Waals surface area contributed by atoms with Crippen LogP contribution in [0.5, 0.6) is 0 Å².